The Kier molecular flexibility index (Phi) is 7.44. The van der Waals surface area contributed by atoms with Crippen LogP contribution in [-0.2, 0) is 6.61 Å². The largest absolute Gasteiger partial charge is 0.493 e. The average Bonchev–Trinajstić information content (AvgIpc) is 2.76. The number of rotatable bonds is 8. The molecule has 3 rings (SSSR count). The lowest BCUT2D eigenvalue weighted by Crippen LogP contribution is -2.46. The lowest BCUT2D eigenvalue weighted by atomic mass is 9.98. The molecule has 0 aliphatic carbocycles. The maximum Gasteiger partial charge on any atom is 0.390 e. The molecule has 2 aromatic rings. The normalized spacial score (nSPS) is 16.2. The third-order valence-electron chi connectivity index (χ3n) is 5.13. The van der Waals surface area contributed by atoms with Crippen LogP contribution in [0.5, 0.6) is 17.2 Å². The van der Waals surface area contributed by atoms with Gasteiger partial charge in [0.1, 0.15) is 12.4 Å². The molecule has 0 spiro atoms. The smallest absolute Gasteiger partial charge is 0.390 e. The molecule has 164 valence electrons. The number of hydrogen-bond acceptors (Lipinski definition) is 5. The van der Waals surface area contributed by atoms with Crippen molar-refractivity contribution in [3.05, 3.63) is 53.6 Å². The number of halogens is 3. The van der Waals surface area contributed by atoms with Gasteiger partial charge in [-0.25, -0.2) is 0 Å². The Bertz CT molecular complexity index is 809. The van der Waals surface area contributed by atoms with Crippen molar-refractivity contribution in [1.82, 2.24) is 10.2 Å². The van der Waals surface area contributed by atoms with E-state index in [2.05, 4.69) is 5.32 Å². The number of alkyl halides is 3. The zero-order chi connectivity index (χ0) is 21.6. The molecule has 30 heavy (non-hydrogen) atoms. The summed E-state index contributed by atoms with van der Waals surface area (Å²) in [5, 5.41) is 3.19. The number of nitrogens with one attached hydrogen (secondary N) is 1. The first-order valence-electron chi connectivity index (χ1n) is 9.85. The molecule has 1 aliphatic heterocycles. The summed E-state index contributed by atoms with van der Waals surface area (Å²) in [5.74, 6) is 1.15. The summed E-state index contributed by atoms with van der Waals surface area (Å²) in [6.45, 7) is 2.56. The van der Waals surface area contributed by atoms with Crippen molar-refractivity contribution in [3.63, 3.8) is 0 Å². The van der Waals surface area contributed by atoms with Gasteiger partial charge in [0.2, 0.25) is 0 Å². The highest BCUT2D eigenvalue weighted by molar-refractivity contribution is 5.52. The minimum Gasteiger partial charge on any atom is -0.493 e. The van der Waals surface area contributed by atoms with Gasteiger partial charge >= 0.3 is 6.18 Å². The number of ether oxygens (including phenoxy) is 3. The predicted molar refractivity (Wildman–Crippen MR) is 108 cm³/mol. The van der Waals surface area contributed by atoms with Crippen molar-refractivity contribution in [3.8, 4) is 17.2 Å². The van der Waals surface area contributed by atoms with Crippen LogP contribution in [0.25, 0.3) is 0 Å². The van der Waals surface area contributed by atoms with Crippen molar-refractivity contribution < 1.29 is 27.4 Å². The number of methoxy groups -OCH3 is 2. The van der Waals surface area contributed by atoms with Crippen molar-refractivity contribution in [2.24, 2.45) is 0 Å². The predicted octanol–water partition coefficient (Wildman–Crippen LogP) is 4.18. The van der Waals surface area contributed by atoms with E-state index in [0.717, 1.165) is 5.56 Å². The molecule has 0 unspecified atom stereocenters. The second-order valence-corrected chi connectivity index (χ2v) is 7.14. The fourth-order valence-electron chi connectivity index (χ4n) is 3.65. The fourth-order valence-corrected chi connectivity index (χ4v) is 3.65. The molecule has 8 heteroatoms. The highest BCUT2D eigenvalue weighted by Crippen LogP contribution is 2.43. The first kappa shape index (κ1) is 22.2. The quantitative estimate of drug-likeness (QED) is 0.689. The highest BCUT2D eigenvalue weighted by atomic mass is 19.4. The van der Waals surface area contributed by atoms with Crippen LogP contribution in [0, 0.1) is 0 Å². The third kappa shape index (κ3) is 5.79. The van der Waals surface area contributed by atoms with E-state index in [0.29, 0.717) is 49.0 Å². The average molecular weight is 424 g/mol. The van der Waals surface area contributed by atoms with Gasteiger partial charge in [-0.05, 0) is 11.6 Å². The summed E-state index contributed by atoms with van der Waals surface area (Å²) in [5.41, 5.74) is 1.37. The summed E-state index contributed by atoms with van der Waals surface area (Å²) in [4.78, 5) is 1.85. The van der Waals surface area contributed by atoms with Gasteiger partial charge in [0.25, 0.3) is 0 Å². The van der Waals surface area contributed by atoms with Gasteiger partial charge in [-0.3, -0.25) is 4.90 Å². The summed E-state index contributed by atoms with van der Waals surface area (Å²) < 4.78 is 57.3. The van der Waals surface area contributed by atoms with E-state index in [-0.39, 0.29) is 6.61 Å². The second-order valence-electron chi connectivity index (χ2n) is 7.14. The molecule has 1 N–H and O–H groups in total. The first-order valence-corrected chi connectivity index (χ1v) is 9.85. The number of hydrogen-bond donors (Lipinski definition) is 1. The molecule has 1 saturated heterocycles. The molecule has 1 heterocycles. The van der Waals surface area contributed by atoms with Gasteiger partial charge in [0.15, 0.2) is 11.5 Å². The van der Waals surface area contributed by atoms with Crippen molar-refractivity contribution in [1.29, 1.82) is 0 Å². The van der Waals surface area contributed by atoms with Crippen LogP contribution < -0.4 is 19.5 Å². The van der Waals surface area contributed by atoms with Gasteiger partial charge < -0.3 is 19.5 Å². The molecule has 1 atom stereocenters. The Labute approximate surface area is 174 Å². The molecule has 1 fully saturated rings. The van der Waals surface area contributed by atoms with Gasteiger partial charge in [-0.2, -0.15) is 13.2 Å². The van der Waals surface area contributed by atoms with E-state index in [1.165, 1.54) is 14.2 Å². The van der Waals surface area contributed by atoms with Crippen molar-refractivity contribution in [2.75, 3.05) is 40.4 Å². The summed E-state index contributed by atoms with van der Waals surface area (Å²) >= 11 is 0. The van der Waals surface area contributed by atoms with E-state index in [1.807, 2.05) is 35.2 Å². The molecule has 0 aromatic heterocycles. The van der Waals surface area contributed by atoms with Crippen LogP contribution in [0.15, 0.2) is 42.5 Å². The molecule has 1 aliphatic rings. The summed E-state index contributed by atoms with van der Waals surface area (Å²) in [6.07, 6.45) is -5.29. The molecule has 0 radical (unpaired) electrons. The minimum absolute atomic E-state index is 0.240. The Hall–Kier alpha value is -2.45. The number of benzene rings is 2. The van der Waals surface area contributed by atoms with Crippen molar-refractivity contribution >= 4 is 0 Å². The Morgan fingerprint density at radius 2 is 1.60 bits per heavy atom. The minimum atomic E-state index is -4.32. The molecular weight excluding hydrogens is 397 g/mol. The van der Waals surface area contributed by atoms with Crippen LogP contribution >= 0.6 is 0 Å². The van der Waals surface area contributed by atoms with Crippen molar-refractivity contribution in [2.45, 2.75) is 25.2 Å². The zero-order valence-electron chi connectivity index (χ0n) is 17.2. The molecule has 5 nitrogen and oxygen atoms in total. The van der Waals surface area contributed by atoms with E-state index >= 15 is 0 Å². The fraction of sp³-hybridized carbons (Fsp3) is 0.455. The Morgan fingerprint density at radius 1 is 0.967 bits per heavy atom. The van der Waals surface area contributed by atoms with E-state index in [4.69, 9.17) is 14.2 Å². The molecule has 0 saturated carbocycles. The lowest BCUT2D eigenvalue weighted by Gasteiger charge is -2.36. The third-order valence-corrected chi connectivity index (χ3v) is 5.13. The molecule has 2 aromatic carbocycles. The maximum absolute atomic E-state index is 13.5. The zero-order valence-corrected chi connectivity index (χ0v) is 17.2. The van der Waals surface area contributed by atoms with Gasteiger partial charge in [0.05, 0.1) is 20.6 Å². The standard InChI is InChI=1S/C22H27F3N2O3/c1-28-20-12-17(18(14-22(23,24)25)27-10-8-26-9-11-27)19(13-21(20)29-2)30-15-16-6-4-3-5-7-16/h3-7,12-13,18,26H,8-11,14-15H2,1-2H3/t18-/m1/s1. The Balaban J connectivity index is 2.00. The molecule has 0 bridgehead atoms. The van der Waals surface area contributed by atoms with Crippen LogP contribution in [0.3, 0.4) is 0 Å². The van der Waals surface area contributed by atoms with E-state index < -0.39 is 18.6 Å². The summed E-state index contributed by atoms with van der Waals surface area (Å²) in [6, 6.07) is 11.8. The first-order chi connectivity index (χ1) is 14.4. The van der Waals surface area contributed by atoms with E-state index in [1.54, 1.807) is 12.1 Å². The highest BCUT2D eigenvalue weighted by Gasteiger charge is 2.37. The monoisotopic (exact) mass is 424 g/mol. The van der Waals surface area contributed by atoms with Crippen LogP contribution in [0.2, 0.25) is 0 Å². The van der Waals surface area contributed by atoms with Gasteiger partial charge in [0, 0.05) is 43.9 Å². The topological polar surface area (TPSA) is 43.0 Å². The molecular formula is C22H27F3N2O3. The summed E-state index contributed by atoms with van der Waals surface area (Å²) in [7, 11) is 2.96. The second kappa shape index (κ2) is 10.0. The number of piperazine rings is 1. The maximum atomic E-state index is 13.5. The SMILES string of the molecule is COc1cc(OCc2ccccc2)c([C@@H](CC(F)(F)F)N2CCNCC2)cc1OC. The van der Waals surface area contributed by atoms with Crippen LogP contribution in [0.4, 0.5) is 13.2 Å². The Morgan fingerprint density at radius 3 is 2.20 bits per heavy atom. The molecule has 0 amide bonds. The van der Waals surface area contributed by atoms with E-state index in [9.17, 15) is 13.2 Å². The van der Waals surface area contributed by atoms with Gasteiger partial charge in [-0.1, -0.05) is 30.3 Å². The lowest BCUT2D eigenvalue weighted by molar-refractivity contribution is -0.148. The van der Waals surface area contributed by atoms with Crippen LogP contribution in [-0.4, -0.2) is 51.5 Å². The number of nitrogens with zero attached hydrogens (tertiary/aromatic N) is 1. The van der Waals surface area contributed by atoms with Gasteiger partial charge in [-0.15, -0.1) is 0 Å². The van der Waals surface area contributed by atoms with Crippen LogP contribution in [0.1, 0.15) is 23.6 Å².